The fourth-order valence-corrected chi connectivity index (χ4v) is 1.91. The molecule has 0 aliphatic heterocycles. The Hall–Kier alpha value is -0.720. The van der Waals surface area contributed by atoms with Crippen molar-refractivity contribution in [3.05, 3.63) is 28.0 Å². The summed E-state index contributed by atoms with van der Waals surface area (Å²) >= 11 is 7.87. The second-order valence-corrected chi connectivity index (χ2v) is 4.18. The molecule has 0 unspecified atom stereocenters. The van der Waals surface area contributed by atoms with Gasteiger partial charge in [-0.3, -0.25) is 0 Å². The number of halogens is 2. The van der Waals surface area contributed by atoms with Crippen molar-refractivity contribution < 1.29 is 13.9 Å². The van der Waals surface area contributed by atoms with E-state index in [2.05, 4.69) is 15.9 Å². The molecule has 0 atom stereocenters. The third kappa shape index (κ3) is 3.13. The topological polar surface area (TPSA) is 44.5 Å². The highest BCUT2D eigenvalue weighted by Gasteiger charge is 2.13. The SMILES string of the molecule is COCCOc1ccc(C(N)=S)c(Br)c1F. The van der Waals surface area contributed by atoms with E-state index in [1.165, 1.54) is 6.07 Å². The molecule has 2 N–H and O–H groups in total. The summed E-state index contributed by atoms with van der Waals surface area (Å²) < 4.78 is 23.9. The van der Waals surface area contributed by atoms with E-state index in [0.29, 0.717) is 12.2 Å². The summed E-state index contributed by atoms with van der Waals surface area (Å²) in [5.41, 5.74) is 5.88. The molecule has 0 amide bonds. The summed E-state index contributed by atoms with van der Waals surface area (Å²) in [5.74, 6) is -0.370. The summed E-state index contributed by atoms with van der Waals surface area (Å²) in [7, 11) is 1.55. The highest BCUT2D eigenvalue weighted by molar-refractivity contribution is 9.10. The Kier molecular flexibility index (Phi) is 5.11. The fraction of sp³-hybridized carbons (Fsp3) is 0.300. The summed E-state index contributed by atoms with van der Waals surface area (Å²) in [6.07, 6.45) is 0. The molecule has 16 heavy (non-hydrogen) atoms. The van der Waals surface area contributed by atoms with Gasteiger partial charge in [0.15, 0.2) is 11.6 Å². The first-order valence-corrected chi connectivity index (χ1v) is 5.67. The van der Waals surface area contributed by atoms with Crippen molar-refractivity contribution in [3.63, 3.8) is 0 Å². The maximum Gasteiger partial charge on any atom is 0.179 e. The van der Waals surface area contributed by atoms with Crippen molar-refractivity contribution in [1.82, 2.24) is 0 Å². The van der Waals surface area contributed by atoms with Crippen LogP contribution in [0.15, 0.2) is 16.6 Å². The molecular formula is C10H11BrFNO2S. The molecule has 1 aromatic carbocycles. The van der Waals surface area contributed by atoms with E-state index >= 15 is 0 Å². The van der Waals surface area contributed by atoms with Crippen LogP contribution in [0.25, 0.3) is 0 Å². The molecule has 0 bridgehead atoms. The quantitative estimate of drug-likeness (QED) is 0.669. The Morgan fingerprint density at radius 1 is 1.50 bits per heavy atom. The molecule has 1 aromatic rings. The Balaban J connectivity index is 2.89. The van der Waals surface area contributed by atoms with Crippen molar-refractivity contribution in [2.24, 2.45) is 5.73 Å². The lowest BCUT2D eigenvalue weighted by molar-refractivity contribution is 0.143. The van der Waals surface area contributed by atoms with Gasteiger partial charge in [0.05, 0.1) is 11.1 Å². The first-order valence-electron chi connectivity index (χ1n) is 4.47. The van der Waals surface area contributed by atoms with E-state index in [9.17, 15) is 4.39 Å². The standard InChI is InChI=1S/C10H11BrFNO2S/c1-14-4-5-15-7-3-2-6(10(13)16)8(11)9(7)12/h2-3H,4-5H2,1H3,(H2,13,16). The molecule has 0 spiro atoms. The van der Waals surface area contributed by atoms with Gasteiger partial charge in [-0.15, -0.1) is 0 Å². The Labute approximate surface area is 107 Å². The van der Waals surface area contributed by atoms with Gasteiger partial charge in [0, 0.05) is 12.7 Å². The Bertz CT molecular complexity index is 401. The monoisotopic (exact) mass is 307 g/mol. The number of ether oxygens (including phenoxy) is 2. The van der Waals surface area contributed by atoms with Crippen LogP contribution in [-0.4, -0.2) is 25.3 Å². The summed E-state index contributed by atoms with van der Waals surface area (Å²) in [4.78, 5) is 0.134. The van der Waals surface area contributed by atoms with Crippen LogP contribution in [-0.2, 0) is 4.74 Å². The van der Waals surface area contributed by atoms with Crippen LogP contribution < -0.4 is 10.5 Å². The van der Waals surface area contributed by atoms with Crippen LogP contribution >= 0.6 is 28.1 Å². The number of hydrogen-bond acceptors (Lipinski definition) is 3. The van der Waals surface area contributed by atoms with Crippen molar-refractivity contribution in [2.45, 2.75) is 0 Å². The zero-order chi connectivity index (χ0) is 12.1. The predicted octanol–water partition coefficient (Wildman–Crippen LogP) is 2.25. The number of methoxy groups -OCH3 is 1. The molecule has 0 saturated heterocycles. The molecule has 0 aromatic heterocycles. The second kappa shape index (κ2) is 6.12. The van der Waals surface area contributed by atoms with Crippen molar-refractivity contribution in [3.8, 4) is 5.75 Å². The van der Waals surface area contributed by atoms with Crippen LogP contribution in [0.3, 0.4) is 0 Å². The van der Waals surface area contributed by atoms with E-state index in [1.807, 2.05) is 0 Å². The number of rotatable bonds is 5. The average molecular weight is 308 g/mol. The Morgan fingerprint density at radius 2 is 2.19 bits per heavy atom. The van der Waals surface area contributed by atoms with Crippen molar-refractivity contribution >= 4 is 33.1 Å². The number of nitrogens with two attached hydrogens (primary N) is 1. The van der Waals surface area contributed by atoms with E-state index in [-0.39, 0.29) is 21.8 Å². The zero-order valence-corrected chi connectivity index (χ0v) is 11.0. The lowest BCUT2D eigenvalue weighted by atomic mass is 10.2. The van der Waals surface area contributed by atoms with Gasteiger partial charge >= 0.3 is 0 Å². The third-order valence-electron chi connectivity index (χ3n) is 1.86. The van der Waals surface area contributed by atoms with Gasteiger partial charge in [-0.1, -0.05) is 12.2 Å². The highest BCUT2D eigenvalue weighted by atomic mass is 79.9. The molecular weight excluding hydrogens is 297 g/mol. The van der Waals surface area contributed by atoms with Crippen molar-refractivity contribution in [2.75, 3.05) is 20.3 Å². The maximum atomic E-state index is 13.7. The van der Waals surface area contributed by atoms with Gasteiger partial charge in [0.1, 0.15) is 11.6 Å². The van der Waals surface area contributed by atoms with E-state index < -0.39 is 5.82 Å². The molecule has 0 heterocycles. The second-order valence-electron chi connectivity index (χ2n) is 2.94. The van der Waals surface area contributed by atoms with Gasteiger partial charge in [0.25, 0.3) is 0 Å². The van der Waals surface area contributed by atoms with Crippen LogP contribution in [0.2, 0.25) is 0 Å². The minimum atomic E-state index is -0.513. The maximum absolute atomic E-state index is 13.7. The van der Waals surface area contributed by atoms with Gasteiger partial charge in [-0.05, 0) is 28.1 Å². The minimum Gasteiger partial charge on any atom is -0.488 e. The minimum absolute atomic E-state index is 0.134. The summed E-state index contributed by atoms with van der Waals surface area (Å²) in [5, 5.41) is 0. The van der Waals surface area contributed by atoms with Crippen LogP contribution in [0.5, 0.6) is 5.75 Å². The molecule has 1 rings (SSSR count). The third-order valence-corrected chi connectivity index (χ3v) is 2.85. The lowest BCUT2D eigenvalue weighted by Gasteiger charge is -2.10. The first-order chi connectivity index (χ1) is 7.57. The smallest absolute Gasteiger partial charge is 0.179 e. The fourth-order valence-electron chi connectivity index (χ4n) is 1.07. The normalized spacial score (nSPS) is 10.2. The molecule has 88 valence electrons. The largest absolute Gasteiger partial charge is 0.488 e. The number of benzene rings is 1. The highest BCUT2D eigenvalue weighted by Crippen LogP contribution is 2.28. The lowest BCUT2D eigenvalue weighted by Crippen LogP contribution is -2.12. The molecule has 0 saturated carbocycles. The van der Waals surface area contributed by atoms with Crippen LogP contribution in [0.1, 0.15) is 5.56 Å². The average Bonchev–Trinajstić information content (AvgIpc) is 2.24. The molecule has 0 fully saturated rings. The summed E-state index contributed by atoms with van der Waals surface area (Å²) in [6.45, 7) is 0.681. The Morgan fingerprint density at radius 3 is 2.75 bits per heavy atom. The molecule has 6 heteroatoms. The zero-order valence-electron chi connectivity index (χ0n) is 8.63. The summed E-state index contributed by atoms with van der Waals surface area (Å²) in [6, 6.07) is 3.10. The molecule has 0 aliphatic rings. The first kappa shape index (κ1) is 13.3. The van der Waals surface area contributed by atoms with Gasteiger partial charge in [0.2, 0.25) is 0 Å². The van der Waals surface area contributed by atoms with Crippen LogP contribution in [0, 0.1) is 5.82 Å². The van der Waals surface area contributed by atoms with Gasteiger partial charge < -0.3 is 15.2 Å². The number of hydrogen-bond donors (Lipinski definition) is 1. The molecule has 0 aliphatic carbocycles. The van der Waals surface area contributed by atoms with Crippen LogP contribution in [0.4, 0.5) is 4.39 Å². The predicted molar refractivity (Wildman–Crippen MR) is 67.4 cm³/mol. The van der Waals surface area contributed by atoms with E-state index in [4.69, 9.17) is 27.4 Å². The van der Waals surface area contributed by atoms with E-state index in [0.717, 1.165) is 0 Å². The number of thiocarbonyl (C=S) groups is 1. The van der Waals surface area contributed by atoms with Gasteiger partial charge in [-0.2, -0.15) is 0 Å². The van der Waals surface area contributed by atoms with Crippen molar-refractivity contribution in [1.29, 1.82) is 0 Å². The molecule has 0 radical (unpaired) electrons. The molecule has 3 nitrogen and oxygen atoms in total. The van der Waals surface area contributed by atoms with Gasteiger partial charge in [-0.25, -0.2) is 4.39 Å². The van der Waals surface area contributed by atoms with E-state index in [1.54, 1.807) is 13.2 Å².